The maximum atomic E-state index is 4.61. The van der Waals surface area contributed by atoms with Crippen molar-refractivity contribution in [3.05, 3.63) is 12.3 Å². The molecule has 1 N–H and O–H groups in total. The van der Waals surface area contributed by atoms with Crippen LogP contribution in [0.1, 0.15) is 40.5 Å². The fourth-order valence-electron chi connectivity index (χ4n) is 2.52. The molecular formula is C15H26N4. The molecule has 0 saturated carbocycles. The molecule has 1 aromatic heterocycles. The largest absolute Gasteiger partial charge is 0.356 e. The van der Waals surface area contributed by atoms with Crippen molar-refractivity contribution in [1.29, 1.82) is 0 Å². The van der Waals surface area contributed by atoms with E-state index in [-0.39, 0.29) is 0 Å². The lowest BCUT2D eigenvalue weighted by Gasteiger charge is -2.27. The van der Waals surface area contributed by atoms with E-state index in [9.17, 15) is 0 Å². The first-order chi connectivity index (χ1) is 9.00. The molecule has 2 rings (SSSR count). The van der Waals surface area contributed by atoms with Gasteiger partial charge in [0.2, 0.25) is 5.95 Å². The summed E-state index contributed by atoms with van der Waals surface area (Å²) in [5, 5.41) is 3.25. The molecule has 0 aliphatic carbocycles. The number of hydrogen-bond acceptors (Lipinski definition) is 4. The molecule has 4 heteroatoms. The van der Waals surface area contributed by atoms with Gasteiger partial charge < -0.3 is 10.2 Å². The summed E-state index contributed by atoms with van der Waals surface area (Å²) in [6, 6.07) is 2.02. The molecule has 0 amide bonds. The third-order valence-corrected chi connectivity index (χ3v) is 3.91. The molecule has 0 bridgehead atoms. The molecule has 19 heavy (non-hydrogen) atoms. The quantitative estimate of drug-likeness (QED) is 0.905. The SMILES string of the molecule is CCCNc1nccc(N2CCC(C(C)(C)C)C2)n1. The van der Waals surface area contributed by atoms with Crippen molar-refractivity contribution >= 4 is 11.8 Å². The first-order valence-corrected chi connectivity index (χ1v) is 7.32. The van der Waals surface area contributed by atoms with Crippen LogP contribution in [-0.2, 0) is 0 Å². The van der Waals surface area contributed by atoms with Crippen LogP contribution in [0.25, 0.3) is 0 Å². The Balaban J connectivity index is 2.03. The summed E-state index contributed by atoms with van der Waals surface area (Å²) >= 11 is 0. The second kappa shape index (κ2) is 5.76. The van der Waals surface area contributed by atoms with Gasteiger partial charge in [0.25, 0.3) is 0 Å². The zero-order valence-electron chi connectivity index (χ0n) is 12.6. The normalized spacial score (nSPS) is 19.8. The fourth-order valence-corrected chi connectivity index (χ4v) is 2.52. The number of anilines is 2. The minimum absolute atomic E-state index is 0.380. The number of rotatable bonds is 4. The van der Waals surface area contributed by atoms with Gasteiger partial charge in [-0.1, -0.05) is 27.7 Å². The Morgan fingerprint density at radius 1 is 1.42 bits per heavy atom. The Bertz CT molecular complexity index is 411. The van der Waals surface area contributed by atoms with E-state index in [1.165, 1.54) is 6.42 Å². The van der Waals surface area contributed by atoms with Crippen molar-refractivity contribution in [3.63, 3.8) is 0 Å². The van der Waals surface area contributed by atoms with Crippen LogP contribution < -0.4 is 10.2 Å². The van der Waals surface area contributed by atoms with Gasteiger partial charge in [-0.05, 0) is 30.2 Å². The smallest absolute Gasteiger partial charge is 0.224 e. The van der Waals surface area contributed by atoms with Crippen LogP contribution in [0.15, 0.2) is 12.3 Å². The lowest BCUT2D eigenvalue weighted by atomic mass is 9.80. The molecule has 0 aromatic carbocycles. The molecule has 0 spiro atoms. The molecular weight excluding hydrogens is 236 g/mol. The van der Waals surface area contributed by atoms with Crippen molar-refractivity contribution in [3.8, 4) is 0 Å². The summed E-state index contributed by atoms with van der Waals surface area (Å²) in [7, 11) is 0. The molecule has 1 atom stereocenters. The average molecular weight is 262 g/mol. The predicted molar refractivity (Wildman–Crippen MR) is 80.6 cm³/mol. The fraction of sp³-hybridized carbons (Fsp3) is 0.733. The predicted octanol–water partition coefficient (Wildman–Crippen LogP) is 3.17. The Kier molecular flexibility index (Phi) is 4.27. The van der Waals surface area contributed by atoms with E-state index < -0.39 is 0 Å². The highest BCUT2D eigenvalue weighted by molar-refractivity contribution is 5.43. The van der Waals surface area contributed by atoms with Crippen LogP contribution in [-0.4, -0.2) is 29.6 Å². The highest BCUT2D eigenvalue weighted by Crippen LogP contribution is 2.35. The van der Waals surface area contributed by atoms with Crippen molar-refractivity contribution in [2.75, 3.05) is 29.9 Å². The van der Waals surface area contributed by atoms with Gasteiger partial charge in [0.15, 0.2) is 0 Å². The first-order valence-electron chi connectivity index (χ1n) is 7.32. The van der Waals surface area contributed by atoms with Gasteiger partial charge in [0.1, 0.15) is 5.82 Å². The standard InChI is InChI=1S/C15H26N4/c1-5-8-16-14-17-9-6-13(18-14)19-10-7-12(11-19)15(2,3)4/h6,9,12H,5,7-8,10-11H2,1-4H3,(H,16,17,18). The molecule has 1 aliphatic heterocycles. The zero-order valence-corrected chi connectivity index (χ0v) is 12.6. The number of nitrogens with one attached hydrogen (secondary N) is 1. The molecule has 106 valence electrons. The lowest BCUT2D eigenvalue weighted by molar-refractivity contribution is 0.263. The van der Waals surface area contributed by atoms with E-state index in [4.69, 9.17) is 0 Å². The highest BCUT2D eigenvalue weighted by Gasteiger charge is 2.32. The number of aromatic nitrogens is 2. The average Bonchev–Trinajstić information content (AvgIpc) is 2.86. The zero-order chi connectivity index (χ0) is 13.9. The summed E-state index contributed by atoms with van der Waals surface area (Å²) < 4.78 is 0. The van der Waals surface area contributed by atoms with Crippen LogP contribution in [0.3, 0.4) is 0 Å². The lowest BCUT2D eigenvalue weighted by Crippen LogP contribution is -2.26. The molecule has 0 radical (unpaired) electrons. The summed E-state index contributed by atoms with van der Waals surface area (Å²) in [6.45, 7) is 12.3. The van der Waals surface area contributed by atoms with Crippen LogP contribution in [0.4, 0.5) is 11.8 Å². The van der Waals surface area contributed by atoms with Crippen LogP contribution >= 0.6 is 0 Å². The van der Waals surface area contributed by atoms with Gasteiger partial charge in [-0.15, -0.1) is 0 Å². The molecule has 1 aromatic rings. The van der Waals surface area contributed by atoms with Gasteiger partial charge in [0.05, 0.1) is 0 Å². The highest BCUT2D eigenvalue weighted by atomic mass is 15.2. The van der Waals surface area contributed by atoms with Crippen LogP contribution in [0.2, 0.25) is 0 Å². The Labute approximate surface area is 116 Å². The third kappa shape index (κ3) is 3.58. The van der Waals surface area contributed by atoms with Gasteiger partial charge >= 0.3 is 0 Å². The summed E-state index contributed by atoms with van der Waals surface area (Å²) in [5.74, 6) is 2.55. The minimum atomic E-state index is 0.380. The van der Waals surface area contributed by atoms with Gasteiger partial charge in [-0.3, -0.25) is 0 Å². The van der Waals surface area contributed by atoms with Crippen molar-refractivity contribution in [2.24, 2.45) is 11.3 Å². The van der Waals surface area contributed by atoms with Crippen molar-refractivity contribution in [1.82, 2.24) is 9.97 Å². The maximum absolute atomic E-state index is 4.61. The van der Waals surface area contributed by atoms with E-state index in [2.05, 4.69) is 47.9 Å². The second-order valence-corrected chi connectivity index (χ2v) is 6.46. The van der Waals surface area contributed by atoms with E-state index in [0.717, 1.165) is 43.7 Å². The molecule has 2 heterocycles. The number of hydrogen-bond donors (Lipinski definition) is 1. The Morgan fingerprint density at radius 3 is 2.84 bits per heavy atom. The van der Waals surface area contributed by atoms with Crippen molar-refractivity contribution < 1.29 is 0 Å². The van der Waals surface area contributed by atoms with Crippen molar-refractivity contribution in [2.45, 2.75) is 40.5 Å². The molecule has 1 unspecified atom stereocenters. The summed E-state index contributed by atoms with van der Waals surface area (Å²) in [6.07, 6.45) is 4.19. The summed E-state index contributed by atoms with van der Waals surface area (Å²) in [4.78, 5) is 11.3. The Morgan fingerprint density at radius 2 is 2.21 bits per heavy atom. The minimum Gasteiger partial charge on any atom is -0.356 e. The molecule has 1 saturated heterocycles. The monoisotopic (exact) mass is 262 g/mol. The van der Waals surface area contributed by atoms with E-state index in [1.807, 2.05) is 12.3 Å². The summed E-state index contributed by atoms with van der Waals surface area (Å²) in [5.41, 5.74) is 0.380. The Hall–Kier alpha value is -1.32. The first kappa shape index (κ1) is 14.1. The third-order valence-electron chi connectivity index (χ3n) is 3.91. The maximum Gasteiger partial charge on any atom is 0.224 e. The molecule has 4 nitrogen and oxygen atoms in total. The van der Waals surface area contributed by atoms with E-state index in [1.54, 1.807) is 0 Å². The van der Waals surface area contributed by atoms with E-state index in [0.29, 0.717) is 5.41 Å². The van der Waals surface area contributed by atoms with Crippen LogP contribution in [0.5, 0.6) is 0 Å². The second-order valence-electron chi connectivity index (χ2n) is 6.46. The van der Waals surface area contributed by atoms with Gasteiger partial charge in [-0.2, -0.15) is 4.98 Å². The van der Waals surface area contributed by atoms with Gasteiger partial charge in [-0.25, -0.2) is 4.98 Å². The number of nitrogens with zero attached hydrogens (tertiary/aromatic N) is 3. The molecule has 1 fully saturated rings. The van der Waals surface area contributed by atoms with Gasteiger partial charge in [0, 0.05) is 25.8 Å². The molecule has 1 aliphatic rings. The van der Waals surface area contributed by atoms with Crippen LogP contribution in [0, 0.1) is 11.3 Å². The topological polar surface area (TPSA) is 41.1 Å². The van der Waals surface area contributed by atoms with E-state index >= 15 is 0 Å².